The topological polar surface area (TPSA) is 89.0 Å². The van der Waals surface area contributed by atoms with Crippen molar-refractivity contribution >= 4 is 28.7 Å². The normalized spacial score (nSPS) is 11.0. The second-order valence-electron chi connectivity index (χ2n) is 4.60. The highest BCUT2D eigenvalue weighted by atomic mass is 32.2. The molecule has 0 aromatic carbocycles. The average Bonchev–Trinajstić information content (AvgIpc) is 2.82. The van der Waals surface area contributed by atoms with Crippen LogP contribution in [0.5, 0.6) is 0 Å². The number of H-pyrrole nitrogens is 1. The molecule has 114 valence electrons. The lowest BCUT2D eigenvalue weighted by molar-refractivity contribution is -0.118. The molecule has 21 heavy (non-hydrogen) atoms. The summed E-state index contributed by atoms with van der Waals surface area (Å²) >= 11 is 1.24. The molecule has 2 N–H and O–H groups in total. The number of aromatic nitrogens is 3. The number of amides is 1. The lowest BCUT2D eigenvalue weighted by atomic mass is 10.4. The predicted octanol–water partition coefficient (Wildman–Crippen LogP) is 0.425. The molecule has 0 unspecified atom stereocenters. The summed E-state index contributed by atoms with van der Waals surface area (Å²) in [6, 6.07) is 1.82. The molecule has 0 spiro atoms. The molecule has 0 radical (unpaired) electrons. The van der Waals surface area contributed by atoms with Crippen molar-refractivity contribution in [3.8, 4) is 0 Å². The highest BCUT2D eigenvalue weighted by Gasteiger charge is 2.12. The Labute approximate surface area is 126 Å². The number of nitrogens with zero attached hydrogens (tertiary/aromatic N) is 2. The molecule has 0 aliphatic carbocycles. The number of nitrogens with one attached hydrogen (secondary N) is 2. The van der Waals surface area contributed by atoms with E-state index in [-0.39, 0.29) is 17.2 Å². The van der Waals surface area contributed by atoms with Crippen LogP contribution in [-0.2, 0) is 16.6 Å². The van der Waals surface area contributed by atoms with Crippen molar-refractivity contribution in [1.29, 1.82) is 0 Å². The van der Waals surface area contributed by atoms with E-state index in [9.17, 15) is 9.59 Å². The van der Waals surface area contributed by atoms with Gasteiger partial charge in [0.2, 0.25) is 5.91 Å². The predicted molar refractivity (Wildman–Crippen MR) is 81.7 cm³/mol. The zero-order chi connectivity index (χ0) is 15.4. The number of hydrogen-bond acceptors (Lipinski definition) is 5. The van der Waals surface area contributed by atoms with Crippen LogP contribution in [0.4, 0.5) is 0 Å². The Morgan fingerprint density at radius 1 is 1.57 bits per heavy atom. The molecule has 0 fully saturated rings. The van der Waals surface area contributed by atoms with Gasteiger partial charge in [0, 0.05) is 26.4 Å². The highest BCUT2D eigenvalue weighted by Crippen LogP contribution is 2.17. The van der Waals surface area contributed by atoms with E-state index in [1.165, 1.54) is 16.3 Å². The van der Waals surface area contributed by atoms with Crippen molar-refractivity contribution in [2.24, 2.45) is 7.05 Å². The second kappa shape index (κ2) is 6.77. The number of aromatic amines is 1. The zero-order valence-corrected chi connectivity index (χ0v) is 13.0. The van der Waals surface area contributed by atoms with Crippen LogP contribution in [0.3, 0.4) is 0 Å². The van der Waals surface area contributed by atoms with Gasteiger partial charge in [-0.05, 0) is 13.0 Å². The molecule has 0 aliphatic rings. The Morgan fingerprint density at radius 2 is 2.33 bits per heavy atom. The maximum atomic E-state index is 12.2. The summed E-state index contributed by atoms with van der Waals surface area (Å²) < 4.78 is 6.31. The van der Waals surface area contributed by atoms with E-state index in [0.717, 1.165) is 5.69 Å². The zero-order valence-electron chi connectivity index (χ0n) is 12.2. The monoisotopic (exact) mass is 310 g/mol. The fraction of sp³-hybridized carbons (Fsp3) is 0.462. The van der Waals surface area contributed by atoms with Crippen molar-refractivity contribution in [2.45, 2.75) is 12.1 Å². The van der Waals surface area contributed by atoms with Gasteiger partial charge in [-0.1, -0.05) is 11.8 Å². The minimum Gasteiger partial charge on any atom is -0.383 e. The number of thioether (sulfide) groups is 1. The summed E-state index contributed by atoms with van der Waals surface area (Å²) in [5.41, 5.74) is 1.85. The van der Waals surface area contributed by atoms with E-state index in [4.69, 9.17) is 4.74 Å². The molecule has 0 atom stereocenters. The first-order valence-corrected chi connectivity index (χ1v) is 7.46. The smallest absolute Gasteiger partial charge is 0.278 e. The summed E-state index contributed by atoms with van der Waals surface area (Å²) in [5.74, 6) is 0.0930. The van der Waals surface area contributed by atoms with E-state index in [1.54, 1.807) is 14.2 Å². The van der Waals surface area contributed by atoms with Gasteiger partial charge in [0.15, 0.2) is 5.16 Å². The van der Waals surface area contributed by atoms with Gasteiger partial charge in [0.25, 0.3) is 5.56 Å². The first-order valence-electron chi connectivity index (χ1n) is 6.47. The molecule has 1 amide bonds. The van der Waals surface area contributed by atoms with Crippen LogP contribution in [0.25, 0.3) is 11.0 Å². The molecule has 0 saturated heterocycles. The van der Waals surface area contributed by atoms with Crippen LogP contribution < -0.4 is 10.9 Å². The van der Waals surface area contributed by atoms with Crippen LogP contribution in [0, 0.1) is 6.92 Å². The van der Waals surface area contributed by atoms with Crippen molar-refractivity contribution in [3.63, 3.8) is 0 Å². The molecule has 0 saturated carbocycles. The van der Waals surface area contributed by atoms with E-state index >= 15 is 0 Å². The molecule has 7 nitrogen and oxygen atoms in total. The SMILES string of the molecule is COCCNC(=O)CSc1nc2cc(C)[nH]c2c(=O)n1C. The molecular formula is C13H18N4O3S. The van der Waals surface area contributed by atoms with Crippen LogP contribution in [-0.4, -0.2) is 46.5 Å². The maximum Gasteiger partial charge on any atom is 0.278 e. The maximum absolute atomic E-state index is 12.2. The van der Waals surface area contributed by atoms with Gasteiger partial charge in [0.05, 0.1) is 17.9 Å². The van der Waals surface area contributed by atoms with Crippen molar-refractivity contribution in [2.75, 3.05) is 26.0 Å². The molecule has 2 aromatic rings. The molecular weight excluding hydrogens is 292 g/mol. The average molecular weight is 310 g/mol. The number of methoxy groups -OCH3 is 1. The van der Waals surface area contributed by atoms with Crippen LogP contribution in [0.15, 0.2) is 16.0 Å². The van der Waals surface area contributed by atoms with Crippen molar-refractivity contribution in [3.05, 3.63) is 22.1 Å². The van der Waals surface area contributed by atoms with Gasteiger partial charge >= 0.3 is 0 Å². The van der Waals surface area contributed by atoms with Gasteiger partial charge in [-0.25, -0.2) is 4.98 Å². The summed E-state index contributed by atoms with van der Waals surface area (Å²) in [4.78, 5) is 31.2. The number of hydrogen-bond donors (Lipinski definition) is 2. The Morgan fingerprint density at radius 3 is 3.05 bits per heavy atom. The first-order chi connectivity index (χ1) is 10.0. The lowest BCUT2D eigenvalue weighted by Crippen LogP contribution is -2.29. The Balaban J connectivity index is 2.10. The van der Waals surface area contributed by atoms with E-state index in [2.05, 4.69) is 15.3 Å². The van der Waals surface area contributed by atoms with Gasteiger partial charge < -0.3 is 15.0 Å². The molecule has 0 aliphatic heterocycles. The third-order valence-electron chi connectivity index (χ3n) is 2.91. The summed E-state index contributed by atoms with van der Waals surface area (Å²) in [7, 11) is 3.23. The number of rotatable bonds is 6. The number of carbonyl (C=O) groups excluding carboxylic acids is 1. The lowest BCUT2D eigenvalue weighted by Gasteiger charge is -2.07. The third kappa shape index (κ3) is 3.64. The molecule has 2 rings (SSSR count). The van der Waals surface area contributed by atoms with Gasteiger partial charge in [-0.3, -0.25) is 14.2 Å². The van der Waals surface area contributed by atoms with Gasteiger partial charge in [0.1, 0.15) is 5.52 Å². The fourth-order valence-electron chi connectivity index (χ4n) is 1.86. The second-order valence-corrected chi connectivity index (χ2v) is 5.55. The number of carbonyl (C=O) groups is 1. The third-order valence-corrected chi connectivity index (χ3v) is 3.94. The van der Waals surface area contributed by atoms with Crippen molar-refractivity contribution < 1.29 is 9.53 Å². The summed E-state index contributed by atoms with van der Waals surface area (Å²) in [5, 5.41) is 3.24. The van der Waals surface area contributed by atoms with Crippen LogP contribution >= 0.6 is 11.8 Å². The standard InChI is InChI=1S/C13H18N4O3S/c1-8-6-9-11(15-8)12(19)17(2)13(16-9)21-7-10(18)14-4-5-20-3/h6,15H,4-5,7H2,1-3H3,(H,14,18). The Hall–Kier alpha value is -1.80. The number of ether oxygens (including phenoxy) is 1. The molecule has 0 bridgehead atoms. The number of fused-ring (bicyclic) bond motifs is 1. The molecule has 8 heteroatoms. The first kappa shape index (κ1) is 15.6. The van der Waals surface area contributed by atoms with E-state index < -0.39 is 0 Å². The quantitative estimate of drug-likeness (QED) is 0.459. The summed E-state index contributed by atoms with van der Waals surface area (Å²) in [6.07, 6.45) is 0. The molecule has 2 aromatic heterocycles. The van der Waals surface area contributed by atoms with E-state index in [1.807, 2.05) is 13.0 Å². The Bertz CT molecular complexity index is 707. The highest BCUT2D eigenvalue weighted by molar-refractivity contribution is 7.99. The Kier molecular flexibility index (Phi) is 5.03. The number of aryl methyl sites for hydroxylation is 1. The van der Waals surface area contributed by atoms with Crippen LogP contribution in [0.2, 0.25) is 0 Å². The fourth-order valence-corrected chi connectivity index (χ4v) is 2.66. The van der Waals surface area contributed by atoms with Crippen LogP contribution in [0.1, 0.15) is 5.69 Å². The molecule has 2 heterocycles. The van der Waals surface area contributed by atoms with Gasteiger partial charge in [-0.15, -0.1) is 0 Å². The minimum atomic E-state index is -0.143. The van der Waals surface area contributed by atoms with Crippen molar-refractivity contribution in [1.82, 2.24) is 19.9 Å². The van der Waals surface area contributed by atoms with E-state index in [0.29, 0.717) is 29.3 Å². The minimum absolute atomic E-state index is 0.114. The summed E-state index contributed by atoms with van der Waals surface area (Å²) in [6.45, 7) is 2.82. The largest absolute Gasteiger partial charge is 0.383 e. The van der Waals surface area contributed by atoms with Gasteiger partial charge in [-0.2, -0.15) is 0 Å².